The Morgan fingerprint density at radius 1 is 1.21 bits per heavy atom. The van der Waals surface area contributed by atoms with E-state index >= 15 is 0 Å². The number of carbonyl (C=O) groups is 1. The maximum Gasteiger partial charge on any atom is 0.252 e. The van der Waals surface area contributed by atoms with Gasteiger partial charge in [0.05, 0.1) is 11.6 Å². The highest BCUT2D eigenvalue weighted by atomic mass is 19.1. The van der Waals surface area contributed by atoms with Gasteiger partial charge < -0.3 is 10.2 Å². The lowest BCUT2D eigenvalue weighted by Crippen LogP contribution is -2.60. The number of aromatic nitrogens is 1. The van der Waals surface area contributed by atoms with E-state index in [1.165, 1.54) is 6.07 Å². The number of likely N-dealkylation sites (N-methyl/N-ethyl adjacent to an activating group) is 1. The van der Waals surface area contributed by atoms with Crippen molar-refractivity contribution in [2.24, 2.45) is 0 Å². The molecule has 172 valence electrons. The fourth-order valence-corrected chi connectivity index (χ4v) is 4.87. The van der Waals surface area contributed by atoms with Crippen LogP contribution in [0, 0.1) is 12.7 Å². The number of carbonyl (C=O) groups excluding carboxylic acids is 1. The summed E-state index contributed by atoms with van der Waals surface area (Å²) >= 11 is 0. The van der Waals surface area contributed by atoms with Gasteiger partial charge in [0.1, 0.15) is 11.3 Å². The lowest BCUT2D eigenvalue weighted by Gasteiger charge is -2.47. The normalized spacial score (nSPS) is 17.8. The van der Waals surface area contributed by atoms with Gasteiger partial charge in [-0.3, -0.25) is 14.7 Å². The second kappa shape index (κ2) is 8.10. The van der Waals surface area contributed by atoms with Crippen LogP contribution in [0.5, 0.6) is 0 Å². The molecule has 5 rings (SSSR count). The van der Waals surface area contributed by atoms with Gasteiger partial charge in [-0.25, -0.2) is 4.39 Å². The summed E-state index contributed by atoms with van der Waals surface area (Å²) in [4.78, 5) is 22.4. The molecule has 33 heavy (non-hydrogen) atoms. The second-order valence-electron chi connectivity index (χ2n) is 9.84. The molecule has 2 aromatic carbocycles. The number of benzene rings is 2. The fraction of sp³-hybridized carbons (Fsp3) is 0.407. The number of rotatable bonds is 6. The zero-order chi connectivity index (χ0) is 23.3. The molecule has 1 aromatic heterocycles. The third-order valence-electron chi connectivity index (χ3n) is 7.38. The molecule has 0 atom stereocenters. The standard InChI is InChI=1S/C27H31FN4O/c1-17(2)32-15-20(16-32)31(4)19-8-7-18(3)22(14-19)26(33)30-27(11-12-27)23-9-10-24(28)25-21(23)6-5-13-29-25/h5-10,13-14,17,20H,11-12,15-16H2,1-4H3,(H,30,33). The van der Waals surface area contributed by atoms with E-state index in [1.54, 1.807) is 12.3 Å². The first kappa shape index (κ1) is 21.8. The van der Waals surface area contributed by atoms with Crippen molar-refractivity contribution in [1.82, 2.24) is 15.2 Å². The van der Waals surface area contributed by atoms with E-state index in [2.05, 4.69) is 47.1 Å². The highest BCUT2D eigenvalue weighted by Gasteiger charge is 2.47. The quantitative estimate of drug-likeness (QED) is 0.600. The van der Waals surface area contributed by atoms with Crippen LogP contribution in [0.3, 0.4) is 0 Å². The highest BCUT2D eigenvalue weighted by Crippen LogP contribution is 2.48. The molecular formula is C27H31FN4O. The van der Waals surface area contributed by atoms with Crippen molar-refractivity contribution in [3.8, 4) is 0 Å². The average Bonchev–Trinajstić information content (AvgIpc) is 3.53. The van der Waals surface area contributed by atoms with Gasteiger partial charge in [0.25, 0.3) is 5.91 Å². The largest absolute Gasteiger partial charge is 0.369 e. The summed E-state index contributed by atoms with van der Waals surface area (Å²) in [6, 6.07) is 14.1. The van der Waals surface area contributed by atoms with E-state index in [0.29, 0.717) is 23.2 Å². The molecule has 1 aliphatic heterocycles. The SMILES string of the molecule is Cc1ccc(N(C)C2CN(C(C)C)C2)cc1C(=O)NC1(c2ccc(F)c3ncccc23)CC1. The van der Waals surface area contributed by atoms with Crippen LogP contribution in [0.1, 0.15) is 48.2 Å². The predicted octanol–water partition coefficient (Wildman–Crippen LogP) is 4.63. The molecule has 6 heteroatoms. The van der Waals surface area contributed by atoms with E-state index in [1.807, 2.05) is 31.2 Å². The number of hydrogen-bond donors (Lipinski definition) is 1. The smallest absolute Gasteiger partial charge is 0.252 e. The van der Waals surface area contributed by atoms with E-state index in [9.17, 15) is 9.18 Å². The molecular weight excluding hydrogens is 415 g/mol. The summed E-state index contributed by atoms with van der Waals surface area (Å²) < 4.78 is 14.3. The van der Waals surface area contributed by atoms with Crippen LogP contribution >= 0.6 is 0 Å². The predicted molar refractivity (Wildman–Crippen MR) is 130 cm³/mol. The maximum atomic E-state index is 14.3. The fourth-order valence-electron chi connectivity index (χ4n) is 4.87. The molecule has 1 aliphatic carbocycles. The number of aryl methyl sites for hydroxylation is 1. The molecule has 1 amide bonds. The number of fused-ring (bicyclic) bond motifs is 1. The highest BCUT2D eigenvalue weighted by molar-refractivity contribution is 5.98. The summed E-state index contributed by atoms with van der Waals surface area (Å²) in [6.07, 6.45) is 3.27. The van der Waals surface area contributed by atoms with Crippen LogP contribution in [0.2, 0.25) is 0 Å². The number of hydrogen-bond acceptors (Lipinski definition) is 4. The van der Waals surface area contributed by atoms with Gasteiger partial charge in [0, 0.05) is 49.0 Å². The molecule has 1 saturated carbocycles. The lowest BCUT2D eigenvalue weighted by atomic mass is 9.97. The van der Waals surface area contributed by atoms with E-state index < -0.39 is 5.54 Å². The average molecular weight is 447 g/mol. The van der Waals surface area contributed by atoms with Crippen LogP contribution in [0.25, 0.3) is 10.9 Å². The van der Waals surface area contributed by atoms with Crippen LogP contribution in [0.4, 0.5) is 10.1 Å². The monoisotopic (exact) mass is 446 g/mol. The number of anilines is 1. The maximum absolute atomic E-state index is 14.3. The van der Waals surface area contributed by atoms with Gasteiger partial charge in [0.15, 0.2) is 0 Å². The van der Waals surface area contributed by atoms with Gasteiger partial charge in [-0.15, -0.1) is 0 Å². The first-order valence-electron chi connectivity index (χ1n) is 11.7. The summed E-state index contributed by atoms with van der Waals surface area (Å²) in [5.74, 6) is -0.422. The molecule has 0 bridgehead atoms. The molecule has 3 aromatic rings. The van der Waals surface area contributed by atoms with Gasteiger partial charge in [-0.1, -0.05) is 18.2 Å². The van der Waals surface area contributed by atoms with Crippen molar-refractivity contribution >= 4 is 22.5 Å². The summed E-state index contributed by atoms with van der Waals surface area (Å²) in [5.41, 5.74) is 3.52. The molecule has 2 aliphatic rings. The van der Waals surface area contributed by atoms with Crippen LogP contribution in [-0.4, -0.2) is 48.0 Å². The molecule has 0 spiro atoms. The molecule has 5 nitrogen and oxygen atoms in total. The first-order valence-corrected chi connectivity index (χ1v) is 11.7. The van der Waals surface area contributed by atoms with Gasteiger partial charge >= 0.3 is 0 Å². The molecule has 1 saturated heterocycles. The Hall–Kier alpha value is -2.99. The lowest BCUT2D eigenvalue weighted by molar-refractivity contribution is 0.0930. The number of likely N-dealkylation sites (tertiary alicyclic amines) is 1. The Morgan fingerprint density at radius 3 is 2.67 bits per heavy atom. The molecule has 1 N–H and O–H groups in total. The van der Waals surface area contributed by atoms with Crippen molar-refractivity contribution in [3.05, 3.63) is 71.2 Å². The van der Waals surface area contributed by atoms with Crippen molar-refractivity contribution < 1.29 is 9.18 Å². The topological polar surface area (TPSA) is 48.5 Å². The molecule has 0 radical (unpaired) electrons. The molecule has 0 unspecified atom stereocenters. The van der Waals surface area contributed by atoms with Crippen LogP contribution in [0.15, 0.2) is 48.7 Å². The van der Waals surface area contributed by atoms with Crippen molar-refractivity contribution in [2.75, 3.05) is 25.0 Å². The minimum atomic E-state index is -0.466. The minimum Gasteiger partial charge on any atom is -0.369 e. The zero-order valence-corrected chi connectivity index (χ0v) is 19.7. The van der Waals surface area contributed by atoms with E-state index in [-0.39, 0.29) is 11.7 Å². The first-order chi connectivity index (χ1) is 15.8. The van der Waals surface area contributed by atoms with Crippen molar-refractivity contribution in [1.29, 1.82) is 0 Å². The molecule has 2 heterocycles. The minimum absolute atomic E-state index is 0.0842. The van der Waals surface area contributed by atoms with Gasteiger partial charge in [-0.2, -0.15) is 0 Å². The van der Waals surface area contributed by atoms with Gasteiger partial charge in [0.2, 0.25) is 0 Å². The van der Waals surface area contributed by atoms with Crippen molar-refractivity contribution in [3.63, 3.8) is 0 Å². The summed E-state index contributed by atoms with van der Waals surface area (Å²) in [7, 11) is 2.11. The Bertz CT molecular complexity index is 1210. The summed E-state index contributed by atoms with van der Waals surface area (Å²) in [6.45, 7) is 8.49. The number of halogens is 1. The molecule has 2 fully saturated rings. The van der Waals surface area contributed by atoms with E-state index in [4.69, 9.17) is 0 Å². The number of nitrogens with one attached hydrogen (secondary N) is 1. The van der Waals surface area contributed by atoms with Gasteiger partial charge in [-0.05, 0) is 69.0 Å². The van der Waals surface area contributed by atoms with Crippen molar-refractivity contribution in [2.45, 2.75) is 51.2 Å². The van der Waals surface area contributed by atoms with Crippen LogP contribution in [-0.2, 0) is 5.54 Å². The number of nitrogens with zero attached hydrogens (tertiary/aromatic N) is 3. The Balaban J connectivity index is 1.39. The zero-order valence-electron chi connectivity index (χ0n) is 19.7. The van der Waals surface area contributed by atoms with E-state index in [0.717, 1.165) is 48.1 Å². The number of amides is 1. The second-order valence-corrected chi connectivity index (χ2v) is 9.84. The number of pyridine rings is 1. The summed E-state index contributed by atoms with van der Waals surface area (Å²) in [5, 5.41) is 4.05. The Labute approximate surface area is 194 Å². The third-order valence-corrected chi connectivity index (χ3v) is 7.38. The third kappa shape index (κ3) is 3.86. The Kier molecular flexibility index (Phi) is 5.36. The Morgan fingerprint density at radius 2 is 1.97 bits per heavy atom. The van der Waals surface area contributed by atoms with Crippen LogP contribution < -0.4 is 10.2 Å².